The van der Waals surface area contributed by atoms with Crippen molar-refractivity contribution in [3.8, 4) is 0 Å². The van der Waals surface area contributed by atoms with E-state index >= 15 is 0 Å². The third-order valence-corrected chi connectivity index (χ3v) is 3.83. The van der Waals surface area contributed by atoms with E-state index in [1.807, 2.05) is 0 Å². The molecule has 0 heterocycles. The molecule has 5 nitrogen and oxygen atoms in total. The van der Waals surface area contributed by atoms with Crippen molar-refractivity contribution in [2.75, 3.05) is 0 Å². The summed E-state index contributed by atoms with van der Waals surface area (Å²) in [7, 11) is 0. The topological polar surface area (TPSA) is 76.0 Å². The van der Waals surface area contributed by atoms with Gasteiger partial charge in [0.15, 0.2) is 0 Å². The Labute approximate surface area is 107 Å². The number of carbonyl (C=O) groups is 1. The third-order valence-electron chi connectivity index (χ3n) is 3.83. The van der Waals surface area contributed by atoms with E-state index in [9.17, 15) is 15.0 Å². The molecule has 0 unspecified atom stereocenters. The highest BCUT2D eigenvalue weighted by Crippen LogP contribution is 2.24. The number of ether oxygens (including phenoxy) is 2. The molecule has 2 rings (SSSR count). The van der Waals surface area contributed by atoms with Gasteiger partial charge in [0.2, 0.25) is 0 Å². The van der Waals surface area contributed by atoms with Gasteiger partial charge in [-0.3, -0.25) is 0 Å². The Hall–Kier alpha value is -0.810. The van der Waals surface area contributed by atoms with Crippen LogP contribution in [0.15, 0.2) is 0 Å². The molecule has 0 aliphatic heterocycles. The van der Waals surface area contributed by atoms with Crippen molar-refractivity contribution in [1.29, 1.82) is 0 Å². The highest BCUT2D eigenvalue weighted by Gasteiger charge is 2.31. The van der Waals surface area contributed by atoms with E-state index in [0.717, 1.165) is 25.7 Å². The number of aliphatic hydroxyl groups is 2. The summed E-state index contributed by atoms with van der Waals surface area (Å²) in [5.74, 6) is 0. The summed E-state index contributed by atoms with van der Waals surface area (Å²) >= 11 is 0. The molecule has 2 saturated carbocycles. The van der Waals surface area contributed by atoms with Gasteiger partial charge in [0, 0.05) is 0 Å². The van der Waals surface area contributed by atoms with Crippen LogP contribution in [-0.4, -0.2) is 40.8 Å². The van der Waals surface area contributed by atoms with Gasteiger partial charge < -0.3 is 19.7 Å². The van der Waals surface area contributed by atoms with Crippen LogP contribution in [0.2, 0.25) is 0 Å². The highest BCUT2D eigenvalue weighted by molar-refractivity contribution is 5.60. The van der Waals surface area contributed by atoms with Gasteiger partial charge in [-0.2, -0.15) is 0 Å². The predicted molar refractivity (Wildman–Crippen MR) is 64.1 cm³/mol. The molecule has 0 radical (unpaired) electrons. The standard InChI is InChI=1S/C13H22O5/c14-9-5-1-3-7-11(9)17-13(16)18-12-8-4-2-6-10(12)15/h9-12,14-15H,1-8H2/t9-,10-,11-,12-/m0/s1. The van der Waals surface area contributed by atoms with Gasteiger partial charge in [-0.25, -0.2) is 4.79 Å². The van der Waals surface area contributed by atoms with Crippen molar-refractivity contribution < 1.29 is 24.5 Å². The van der Waals surface area contributed by atoms with Gasteiger partial charge in [-0.1, -0.05) is 12.8 Å². The molecule has 0 spiro atoms. The lowest BCUT2D eigenvalue weighted by Crippen LogP contribution is -2.38. The van der Waals surface area contributed by atoms with E-state index in [4.69, 9.17) is 9.47 Å². The quantitative estimate of drug-likeness (QED) is 0.738. The number of hydrogen-bond donors (Lipinski definition) is 2. The third kappa shape index (κ3) is 3.59. The monoisotopic (exact) mass is 258 g/mol. The van der Waals surface area contributed by atoms with E-state index < -0.39 is 30.6 Å². The summed E-state index contributed by atoms with van der Waals surface area (Å²) in [6.45, 7) is 0. The molecule has 18 heavy (non-hydrogen) atoms. The second kappa shape index (κ2) is 6.38. The van der Waals surface area contributed by atoms with Gasteiger partial charge in [-0.05, 0) is 38.5 Å². The Morgan fingerprint density at radius 1 is 0.778 bits per heavy atom. The molecule has 2 fully saturated rings. The van der Waals surface area contributed by atoms with E-state index in [-0.39, 0.29) is 0 Å². The van der Waals surface area contributed by atoms with Crippen LogP contribution < -0.4 is 0 Å². The second-order valence-corrected chi connectivity index (χ2v) is 5.27. The number of rotatable bonds is 2. The van der Waals surface area contributed by atoms with Crippen LogP contribution in [0.5, 0.6) is 0 Å². The maximum atomic E-state index is 11.6. The van der Waals surface area contributed by atoms with Crippen molar-refractivity contribution in [2.45, 2.75) is 75.8 Å². The molecule has 104 valence electrons. The van der Waals surface area contributed by atoms with Crippen LogP contribution in [0.4, 0.5) is 4.79 Å². The molecular formula is C13H22O5. The van der Waals surface area contributed by atoms with Gasteiger partial charge in [0.05, 0.1) is 12.2 Å². The molecular weight excluding hydrogens is 236 g/mol. The predicted octanol–water partition coefficient (Wildman–Crippen LogP) is 1.75. The van der Waals surface area contributed by atoms with E-state index in [0.29, 0.717) is 25.7 Å². The van der Waals surface area contributed by atoms with Gasteiger partial charge in [0.1, 0.15) is 12.2 Å². The summed E-state index contributed by atoms with van der Waals surface area (Å²) < 4.78 is 10.3. The van der Waals surface area contributed by atoms with Crippen molar-refractivity contribution in [3.63, 3.8) is 0 Å². The van der Waals surface area contributed by atoms with E-state index in [2.05, 4.69) is 0 Å². The smallest absolute Gasteiger partial charge is 0.428 e. The average molecular weight is 258 g/mol. The fourth-order valence-electron chi connectivity index (χ4n) is 2.70. The first-order valence-corrected chi connectivity index (χ1v) is 6.90. The van der Waals surface area contributed by atoms with Crippen molar-refractivity contribution in [2.24, 2.45) is 0 Å². The maximum Gasteiger partial charge on any atom is 0.509 e. The van der Waals surface area contributed by atoms with E-state index in [1.165, 1.54) is 0 Å². The van der Waals surface area contributed by atoms with Crippen molar-refractivity contribution >= 4 is 6.16 Å². The lowest BCUT2D eigenvalue weighted by molar-refractivity contribution is -0.0849. The van der Waals surface area contributed by atoms with Crippen LogP contribution in [0, 0.1) is 0 Å². The summed E-state index contributed by atoms with van der Waals surface area (Å²) in [5, 5.41) is 19.4. The Kier molecular flexibility index (Phi) is 4.83. The van der Waals surface area contributed by atoms with Gasteiger partial charge in [-0.15, -0.1) is 0 Å². The Morgan fingerprint density at radius 3 is 1.56 bits per heavy atom. The Morgan fingerprint density at radius 2 is 1.17 bits per heavy atom. The number of hydrogen-bond acceptors (Lipinski definition) is 5. The lowest BCUT2D eigenvalue weighted by Gasteiger charge is -2.30. The first-order valence-electron chi connectivity index (χ1n) is 6.90. The number of carbonyl (C=O) groups excluding carboxylic acids is 1. The lowest BCUT2D eigenvalue weighted by atomic mass is 9.95. The maximum absolute atomic E-state index is 11.6. The minimum Gasteiger partial charge on any atom is -0.428 e. The Bertz CT molecular complexity index is 255. The van der Waals surface area contributed by atoms with E-state index in [1.54, 1.807) is 0 Å². The zero-order valence-electron chi connectivity index (χ0n) is 10.6. The largest absolute Gasteiger partial charge is 0.509 e. The molecule has 0 aromatic rings. The first kappa shape index (κ1) is 13.6. The van der Waals surface area contributed by atoms with Crippen molar-refractivity contribution in [1.82, 2.24) is 0 Å². The van der Waals surface area contributed by atoms with Crippen LogP contribution in [0.25, 0.3) is 0 Å². The summed E-state index contributed by atoms with van der Waals surface area (Å²) in [5.41, 5.74) is 0. The fraction of sp³-hybridized carbons (Fsp3) is 0.923. The molecule has 0 aromatic carbocycles. The molecule has 0 saturated heterocycles. The van der Waals surface area contributed by atoms with Crippen LogP contribution in [0.3, 0.4) is 0 Å². The van der Waals surface area contributed by atoms with Crippen LogP contribution in [0.1, 0.15) is 51.4 Å². The summed E-state index contributed by atoms with van der Waals surface area (Å²) in [6, 6.07) is 0. The first-order chi connectivity index (χ1) is 8.66. The second-order valence-electron chi connectivity index (χ2n) is 5.27. The molecule has 2 aliphatic carbocycles. The van der Waals surface area contributed by atoms with Gasteiger partial charge >= 0.3 is 6.16 Å². The molecule has 2 N–H and O–H groups in total. The SMILES string of the molecule is O=C(O[C@H]1CCCC[C@@H]1O)O[C@H]1CCCC[C@@H]1O. The Balaban J connectivity index is 1.77. The highest BCUT2D eigenvalue weighted by atomic mass is 16.7. The van der Waals surface area contributed by atoms with Crippen molar-refractivity contribution in [3.05, 3.63) is 0 Å². The van der Waals surface area contributed by atoms with Crippen LogP contribution in [-0.2, 0) is 9.47 Å². The molecule has 2 aliphatic rings. The minimum atomic E-state index is -0.757. The zero-order chi connectivity index (χ0) is 13.0. The molecule has 0 bridgehead atoms. The minimum absolute atomic E-state index is 0.452. The molecule has 0 aromatic heterocycles. The fourth-order valence-corrected chi connectivity index (χ4v) is 2.70. The number of aliphatic hydroxyl groups excluding tert-OH is 2. The molecule has 5 heteroatoms. The summed E-state index contributed by atoms with van der Waals surface area (Å²) in [6.07, 6.45) is 3.74. The normalized spacial score (nSPS) is 37.0. The average Bonchev–Trinajstić information content (AvgIpc) is 2.35. The van der Waals surface area contributed by atoms with Gasteiger partial charge in [0.25, 0.3) is 0 Å². The molecule has 0 amide bonds. The molecule has 4 atom stereocenters. The zero-order valence-corrected chi connectivity index (χ0v) is 10.6. The summed E-state index contributed by atoms with van der Waals surface area (Å²) in [4.78, 5) is 11.6. The van der Waals surface area contributed by atoms with Crippen LogP contribution >= 0.6 is 0 Å².